The predicted molar refractivity (Wildman–Crippen MR) is 74.5 cm³/mol. The number of para-hydroxylation sites is 1. The Hall–Kier alpha value is -0.580. The summed E-state index contributed by atoms with van der Waals surface area (Å²) < 4.78 is 1.09. The molecule has 0 aliphatic carbocycles. The van der Waals surface area contributed by atoms with E-state index in [-0.39, 0.29) is 12.6 Å². The molecular weight excluding hydrogens is 280 g/mol. The van der Waals surface area contributed by atoms with Gasteiger partial charge < -0.3 is 10.0 Å². The van der Waals surface area contributed by atoms with Crippen LogP contribution in [0, 0.1) is 0 Å². The van der Waals surface area contributed by atoms with Crippen molar-refractivity contribution in [2.75, 3.05) is 31.6 Å². The molecule has 2 rings (SSSR count). The number of likely N-dealkylation sites (N-methyl/N-ethyl adjacent to an activating group) is 1. The average molecular weight is 299 g/mol. The van der Waals surface area contributed by atoms with E-state index in [0.717, 1.165) is 17.6 Å². The van der Waals surface area contributed by atoms with Gasteiger partial charge in [-0.2, -0.15) is 0 Å². The van der Waals surface area contributed by atoms with E-state index < -0.39 is 0 Å². The van der Waals surface area contributed by atoms with Crippen LogP contribution in [0.3, 0.4) is 0 Å². The molecule has 0 aromatic heterocycles. The van der Waals surface area contributed by atoms with Gasteiger partial charge in [-0.1, -0.05) is 12.1 Å². The predicted octanol–water partition coefficient (Wildman–Crippen LogP) is 1.95. The first-order valence-corrected chi connectivity index (χ1v) is 6.75. The minimum atomic E-state index is 0.176. The summed E-state index contributed by atoms with van der Waals surface area (Å²) in [5.41, 5.74) is 1.17. The molecule has 0 saturated carbocycles. The summed E-state index contributed by atoms with van der Waals surface area (Å²) in [4.78, 5) is 4.60. The van der Waals surface area contributed by atoms with Gasteiger partial charge in [0.25, 0.3) is 0 Å². The average Bonchev–Trinajstić information content (AvgIpc) is 2.33. The van der Waals surface area contributed by atoms with Crippen molar-refractivity contribution in [3.8, 4) is 0 Å². The van der Waals surface area contributed by atoms with Gasteiger partial charge in [-0.05, 0) is 42.0 Å². The monoisotopic (exact) mass is 298 g/mol. The number of hydrogen-bond acceptors (Lipinski definition) is 3. The van der Waals surface area contributed by atoms with Gasteiger partial charge in [0.05, 0.1) is 18.3 Å². The minimum absolute atomic E-state index is 0.176. The van der Waals surface area contributed by atoms with Gasteiger partial charge in [0.2, 0.25) is 0 Å². The van der Waals surface area contributed by atoms with Crippen molar-refractivity contribution in [1.29, 1.82) is 0 Å². The normalized spacial score (nSPS) is 26.2. The van der Waals surface area contributed by atoms with Crippen molar-refractivity contribution in [3.05, 3.63) is 28.7 Å². The molecule has 1 aromatic rings. The van der Waals surface area contributed by atoms with Gasteiger partial charge in [0.15, 0.2) is 0 Å². The Morgan fingerprint density at radius 3 is 2.71 bits per heavy atom. The minimum Gasteiger partial charge on any atom is -0.394 e. The lowest BCUT2D eigenvalue weighted by molar-refractivity contribution is 0.155. The zero-order valence-corrected chi connectivity index (χ0v) is 11.9. The van der Waals surface area contributed by atoms with E-state index in [1.807, 2.05) is 18.2 Å². The number of piperazine rings is 1. The second kappa shape index (κ2) is 5.38. The van der Waals surface area contributed by atoms with E-state index in [1.165, 1.54) is 5.69 Å². The Morgan fingerprint density at radius 1 is 1.35 bits per heavy atom. The second-order valence-electron chi connectivity index (χ2n) is 4.73. The molecule has 1 N–H and O–H groups in total. The third-order valence-electron chi connectivity index (χ3n) is 3.53. The molecule has 94 valence electrons. The van der Waals surface area contributed by atoms with Gasteiger partial charge in [-0.25, -0.2) is 0 Å². The van der Waals surface area contributed by atoms with Crippen molar-refractivity contribution in [1.82, 2.24) is 4.90 Å². The first-order chi connectivity index (χ1) is 8.13. The van der Waals surface area contributed by atoms with Crippen LogP contribution in [0.15, 0.2) is 28.7 Å². The molecule has 1 aliphatic rings. The standard InChI is InChI=1S/C13H19BrN2O/c1-10-7-16(11(9-17)8-15(10)2)13-6-4-3-5-12(13)14/h3-6,10-11,17H,7-9H2,1-2H3. The maximum atomic E-state index is 9.53. The Kier molecular flexibility index (Phi) is 4.07. The topological polar surface area (TPSA) is 26.7 Å². The number of nitrogens with zero attached hydrogens (tertiary/aromatic N) is 2. The highest BCUT2D eigenvalue weighted by atomic mass is 79.9. The SMILES string of the molecule is CC1CN(c2ccccc2Br)C(CO)CN1C. The Labute approximate surface area is 111 Å². The molecule has 1 fully saturated rings. The van der Waals surface area contributed by atoms with Crippen LogP contribution in [0.25, 0.3) is 0 Å². The number of benzene rings is 1. The summed E-state index contributed by atoms with van der Waals surface area (Å²) in [5, 5.41) is 9.53. The Bertz CT molecular complexity index is 385. The highest BCUT2D eigenvalue weighted by Gasteiger charge is 2.29. The second-order valence-corrected chi connectivity index (χ2v) is 5.58. The van der Waals surface area contributed by atoms with Crippen LogP contribution in [0.1, 0.15) is 6.92 Å². The first-order valence-electron chi connectivity index (χ1n) is 5.95. The smallest absolute Gasteiger partial charge is 0.0649 e. The van der Waals surface area contributed by atoms with Crippen LogP contribution < -0.4 is 4.90 Å². The zero-order valence-electron chi connectivity index (χ0n) is 10.3. The Morgan fingerprint density at radius 2 is 2.06 bits per heavy atom. The quantitative estimate of drug-likeness (QED) is 0.904. The van der Waals surface area contributed by atoms with E-state index in [0.29, 0.717) is 6.04 Å². The molecule has 3 nitrogen and oxygen atoms in total. The van der Waals surface area contributed by atoms with E-state index in [9.17, 15) is 5.11 Å². The van der Waals surface area contributed by atoms with Gasteiger partial charge in [-0.15, -0.1) is 0 Å². The summed E-state index contributed by atoms with van der Waals surface area (Å²) in [6, 6.07) is 8.88. The fourth-order valence-electron chi connectivity index (χ4n) is 2.32. The number of anilines is 1. The van der Waals surface area contributed by atoms with Crippen molar-refractivity contribution >= 4 is 21.6 Å². The molecule has 0 spiro atoms. The Balaban J connectivity index is 2.27. The zero-order chi connectivity index (χ0) is 12.4. The van der Waals surface area contributed by atoms with Crippen LogP contribution in [0.5, 0.6) is 0 Å². The molecule has 2 unspecified atom stereocenters. The number of aliphatic hydroxyl groups excluding tert-OH is 1. The van der Waals surface area contributed by atoms with Crippen molar-refractivity contribution in [3.63, 3.8) is 0 Å². The van der Waals surface area contributed by atoms with Crippen molar-refractivity contribution < 1.29 is 5.11 Å². The number of hydrogen-bond donors (Lipinski definition) is 1. The van der Waals surface area contributed by atoms with Crippen LogP contribution >= 0.6 is 15.9 Å². The summed E-state index contributed by atoms with van der Waals surface area (Å²) in [7, 11) is 2.12. The molecular formula is C13H19BrN2O. The van der Waals surface area contributed by atoms with Gasteiger partial charge in [-0.3, -0.25) is 4.90 Å². The third kappa shape index (κ3) is 2.64. The fourth-order valence-corrected chi connectivity index (χ4v) is 2.83. The lowest BCUT2D eigenvalue weighted by Gasteiger charge is -2.44. The molecule has 0 bridgehead atoms. The third-order valence-corrected chi connectivity index (χ3v) is 4.20. The van der Waals surface area contributed by atoms with E-state index in [2.05, 4.69) is 45.8 Å². The largest absolute Gasteiger partial charge is 0.394 e. The lowest BCUT2D eigenvalue weighted by atomic mass is 10.1. The highest BCUT2D eigenvalue weighted by molar-refractivity contribution is 9.10. The van der Waals surface area contributed by atoms with Gasteiger partial charge in [0, 0.05) is 23.6 Å². The van der Waals surface area contributed by atoms with Gasteiger partial charge in [0.1, 0.15) is 0 Å². The van der Waals surface area contributed by atoms with Crippen LogP contribution in [-0.4, -0.2) is 48.8 Å². The molecule has 2 atom stereocenters. The van der Waals surface area contributed by atoms with Crippen LogP contribution in [0.2, 0.25) is 0 Å². The molecule has 1 heterocycles. The van der Waals surface area contributed by atoms with E-state index in [4.69, 9.17) is 0 Å². The lowest BCUT2D eigenvalue weighted by Crippen LogP contribution is -2.57. The van der Waals surface area contributed by atoms with E-state index in [1.54, 1.807) is 0 Å². The molecule has 1 aliphatic heterocycles. The number of aliphatic hydroxyl groups is 1. The fraction of sp³-hybridized carbons (Fsp3) is 0.538. The van der Waals surface area contributed by atoms with Crippen LogP contribution in [-0.2, 0) is 0 Å². The number of halogens is 1. The first kappa shape index (κ1) is 12.9. The van der Waals surface area contributed by atoms with Crippen LogP contribution in [0.4, 0.5) is 5.69 Å². The van der Waals surface area contributed by atoms with E-state index >= 15 is 0 Å². The maximum absolute atomic E-state index is 9.53. The van der Waals surface area contributed by atoms with Crippen molar-refractivity contribution in [2.24, 2.45) is 0 Å². The summed E-state index contributed by atoms with van der Waals surface area (Å²) in [5.74, 6) is 0. The summed E-state index contributed by atoms with van der Waals surface area (Å²) in [6.07, 6.45) is 0. The maximum Gasteiger partial charge on any atom is 0.0649 e. The summed E-state index contributed by atoms with van der Waals surface area (Å²) in [6.45, 7) is 4.26. The molecule has 1 aromatic carbocycles. The molecule has 17 heavy (non-hydrogen) atoms. The van der Waals surface area contributed by atoms with Crippen molar-refractivity contribution in [2.45, 2.75) is 19.0 Å². The molecule has 4 heteroatoms. The molecule has 1 saturated heterocycles. The molecule has 0 radical (unpaired) electrons. The van der Waals surface area contributed by atoms with Gasteiger partial charge >= 0.3 is 0 Å². The molecule has 0 amide bonds. The summed E-state index contributed by atoms with van der Waals surface area (Å²) >= 11 is 3.59. The highest BCUT2D eigenvalue weighted by Crippen LogP contribution is 2.29. The number of rotatable bonds is 2.